The third kappa shape index (κ3) is 2.86. The Hall–Kier alpha value is -1.90. The molecule has 0 N–H and O–H groups in total. The summed E-state index contributed by atoms with van der Waals surface area (Å²) < 4.78 is 31.8. The number of fused-ring (bicyclic) bond motifs is 1. The Morgan fingerprint density at radius 1 is 1.32 bits per heavy atom. The second-order valence-electron chi connectivity index (χ2n) is 8.42. The van der Waals surface area contributed by atoms with Crippen LogP contribution in [0.4, 0.5) is 0 Å². The maximum Gasteiger partial charge on any atom is 0.359 e. The van der Waals surface area contributed by atoms with Gasteiger partial charge in [0.1, 0.15) is 5.69 Å². The fourth-order valence-corrected chi connectivity index (χ4v) is 7.42. The van der Waals surface area contributed by atoms with Crippen LogP contribution < -0.4 is 0 Å². The van der Waals surface area contributed by atoms with Crippen molar-refractivity contribution in [3.8, 4) is 0 Å². The number of carbonyl (C=O) groups is 2. The Morgan fingerprint density at radius 2 is 2.00 bits per heavy atom. The summed E-state index contributed by atoms with van der Waals surface area (Å²) in [7, 11) is -1.61. The van der Waals surface area contributed by atoms with Crippen LogP contribution in [0.3, 0.4) is 0 Å². The first-order chi connectivity index (χ1) is 13.2. The molecule has 9 heteroatoms. The van der Waals surface area contributed by atoms with Crippen molar-refractivity contribution >= 4 is 21.7 Å². The van der Waals surface area contributed by atoms with Crippen molar-refractivity contribution in [2.24, 2.45) is 13.0 Å². The number of amides is 1. The van der Waals surface area contributed by atoms with E-state index in [9.17, 15) is 18.0 Å². The number of rotatable bonds is 6. The Labute approximate surface area is 165 Å². The largest absolute Gasteiger partial charge is 0.461 e. The molecule has 1 aromatic heterocycles. The van der Waals surface area contributed by atoms with Gasteiger partial charge in [-0.05, 0) is 44.9 Å². The molecule has 2 saturated carbocycles. The van der Waals surface area contributed by atoms with E-state index in [1.807, 2.05) is 0 Å². The molecule has 154 valence electrons. The summed E-state index contributed by atoms with van der Waals surface area (Å²) in [6.07, 6.45) is 3.17. The number of aromatic nitrogens is 2. The normalized spacial score (nSPS) is 25.8. The summed E-state index contributed by atoms with van der Waals surface area (Å²) >= 11 is 0. The van der Waals surface area contributed by atoms with Gasteiger partial charge in [0.05, 0.1) is 16.6 Å². The van der Waals surface area contributed by atoms with Crippen molar-refractivity contribution in [1.29, 1.82) is 0 Å². The van der Waals surface area contributed by atoms with E-state index in [0.29, 0.717) is 43.0 Å². The van der Waals surface area contributed by atoms with Crippen molar-refractivity contribution in [2.75, 3.05) is 19.7 Å². The lowest BCUT2D eigenvalue weighted by atomic mass is 9.87. The zero-order valence-corrected chi connectivity index (χ0v) is 17.4. The van der Waals surface area contributed by atoms with Crippen LogP contribution in [-0.2, 0) is 28.0 Å². The highest BCUT2D eigenvalue weighted by atomic mass is 32.2. The van der Waals surface area contributed by atoms with Crippen LogP contribution in [-0.4, -0.2) is 64.7 Å². The minimum absolute atomic E-state index is 0.185. The minimum Gasteiger partial charge on any atom is -0.461 e. The lowest BCUT2D eigenvalue weighted by molar-refractivity contribution is 0.0517. The number of ether oxygens (including phenoxy) is 1. The zero-order chi connectivity index (χ0) is 20.3. The SMILES string of the molecule is CCOC(=O)c1nn(C)c2c1CCN(CC1(S(=O)(=O)[C@H]3C[C@@H](C)C3)CC1)C2=O. The third-order valence-electron chi connectivity index (χ3n) is 6.40. The molecule has 1 amide bonds. The number of aryl methyl sites for hydroxylation is 1. The topological polar surface area (TPSA) is 98.6 Å². The standard InChI is InChI=1S/C19H27N3O5S/c1-4-27-18(24)15-14-5-8-22(17(23)16(14)21(3)20-15)11-19(6-7-19)28(25,26)13-9-12(2)10-13/h12-13H,4-11H2,1-3H3/t12-,13+. The molecule has 0 saturated heterocycles. The first-order valence-electron chi connectivity index (χ1n) is 9.96. The molecule has 0 unspecified atom stereocenters. The van der Waals surface area contributed by atoms with E-state index in [2.05, 4.69) is 12.0 Å². The van der Waals surface area contributed by atoms with Crippen LogP contribution in [0.2, 0.25) is 0 Å². The monoisotopic (exact) mass is 409 g/mol. The predicted molar refractivity (Wildman–Crippen MR) is 102 cm³/mol. The van der Waals surface area contributed by atoms with Gasteiger partial charge in [-0.2, -0.15) is 5.10 Å². The van der Waals surface area contributed by atoms with Gasteiger partial charge in [0.2, 0.25) is 0 Å². The van der Waals surface area contributed by atoms with Crippen molar-refractivity contribution in [2.45, 2.75) is 55.9 Å². The maximum atomic E-state index is 13.1. The average molecular weight is 410 g/mol. The molecule has 0 spiro atoms. The molecule has 1 aliphatic heterocycles. The summed E-state index contributed by atoms with van der Waals surface area (Å²) in [5.41, 5.74) is 1.15. The number of hydrogen-bond donors (Lipinski definition) is 0. The number of nitrogens with zero attached hydrogens (tertiary/aromatic N) is 3. The molecule has 4 rings (SSSR count). The molecular weight excluding hydrogens is 382 g/mol. The summed E-state index contributed by atoms with van der Waals surface area (Å²) in [5.74, 6) is -0.318. The Bertz CT molecular complexity index is 926. The molecule has 0 bridgehead atoms. The van der Waals surface area contributed by atoms with Crippen LogP contribution in [0.5, 0.6) is 0 Å². The molecule has 0 aromatic carbocycles. The van der Waals surface area contributed by atoms with Gasteiger partial charge in [-0.3, -0.25) is 9.48 Å². The van der Waals surface area contributed by atoms with E-state index in [4.69, 9.17) is 4.74 Å². The average Bonchev–Trinajstić information content (AvgIpc) is 3.32. The molecule has 2 heterocycles. The van der Waals surface area contributed by atoms with Crippen molar-refractivity contribution in [3.63, 3.8) is 0 Å². The van der Waals surface area contributed by atoms with Crippen LogP contribution >= 0.6 is 0 Å². The van der Waals surface area contributed by atoms with Gasteiger partial charge in [0.25, 0.3) is 5.91 Å². The number of sulfone groups is 1. The molecule has 0 radical (unpaired) electrons. The van der Waals surface area contributed by atoms with Crippen molar-refractivity contribution < 1.29 is 22.7 Å². The summed E-state index contributed by atoms with van der Waals surface area (Å²) in [6.45, 7) is 4.66. The van der Waals surface area contributed by atoms with Gasteiger partial charge in [-0.1, -0.05) is 6.92 Å². The van der Waals surface area contributed by atoms with Crippen LogP contribution in [0.25, 0.3) is 0 Å². The van der Waals surface area contributed by atoms with E-state index < -0.39 is 20.6 Å². The van der Waals surface area contributed by atoms with E-state index in [0.717, 1.165) is 12.8 Å². The first-order valence-corrected chi connectivity index (χ1v) is 11.5. The molecule has 28 heavy (non-hydrogen) atoms. The highest BCUT2D eigenvalue weighted by molar-refractivity contribution is 7.93. The Kier molecular flexibility index (Phi) is 4.56. The van der Waals surface area contributed by atoms with E-state index in [-0.39, 0.29) is 30.0 Å². The molecular formula is C19H27N3O5S. The van der Waals surface area contributed by atoms with Crippen LogP contribution in [0, 0.1) is 5.92 Å². The second-order valence-corrected chi connectivity index (χ2v) is 11.0. The number of esters is 1. The van der Waals surface area contributed by atoms with Crippen molar-refractivity contribution in [1.82, 2.24) is 14.7 Å². The van der Waals surface area contributed by atoms with Crippen LogP contribution in [0.15, 0.2) is 0 Å². The second kappa shape index (κ2) is 6.57. The maximum absolute atomic E-state index is 13.1. The highest BCUT2D eigenvalue weighted by Gasteiger charge is 2.60. The van der Waals surface area contributed by atoms with Gasteiger partial charge in [-0.15, -0.1) is 0 Å². The third-order valence-corrected chi connectivity index (χ3v) is 9.40. The summed E-state index contributed by atoms with van der Waals surface area (Å²) in [6, 6.07) is 0. The lowest BCUT2D eigenvalue weighted by Crippen LogP contribution is -2.50. The molecule has 3 aliphatic rings. The smallest absolute Gasteiger partial charge is 0.359 e. The van der Waals surface area contributed by atoms with Gasteiger partial charge in [0, 0.05) is 25.7 Å². The Balaban J connectivity index is 1.55. The van der Waals surface area contributed by atoms with E-state index in [1.54, 1.807) is 18.9 Å². The molecule has 0 atom stereocenters. The molecule has 2 aliphatic carbocycles. The highest BCUT2D eigenvalue weighted by Crippen LogP contribution is 2.50. The van der Waals surface area contributed by atoms with Crippen LogP contribution in [0.1, 0.15) is 66.1 Å². The quantitative estimate of drug-likeness (QED) is 0.658. The molecule has 2 fully saturated rings. The minimum atomic E-state index is -3.24. The number of carbonyl (C=O) groups excluding carboxylic acids is 2. The molecule has 1 aromatic rings. The molecule has 8 nitrogen and oxygen atoms in total. The van der Waals surface area contributed by atoms with Gasteiger partial charge >= 0.3 is 5.97 Å². The van der Waals surface area contributed by atoms with Gasteiger partial charge in [0.15, 0.2) is 15.5 Å². The van der Waals surface area contributed by atoms with Gasteiger partial charge < -0.3 is 9.64 Å². The van der Waals surface area contributed by atoms with E-state index in [1.165, 1.54) is 4.68 Å². The lowest BCUT2D eigenvalue weighted by Gasteiger charge is -2.37. The van der Waals surface area contributed by atoms with Crippen molar-refractivity contribution in [3.05, 3.63) is 17.0 Å². The number of hydrogen-bond acceptors (Lipinski definition) is 6. The van der Waals surface area contributed by atoms with Gasteiger partial charge in [-0.25, -0.2) is 13.2 Å². The Morgan fingerprint density at radius 3 is 2.57 bits per heavy atom. The fourth-order valence-electron chi connectivity index (χ4n) is 4.54. The fraction of sp³-hybridized carbons (Fsp3) is 0.737. The van der Waals surface area contributed by atoms with E-state index >= 15 is 0 Å². The zero-order valence-electron chi connectivity index (χ0n) is 16.6. The first kappa shape index (κ1) is 19.4. The summed E-state index contributed by atoms with van der Waals surface area (Å²) in [5, 5.41) is 3.93. The summed E-state index contributed by atoms with van der Waals surface area (Å²) in [4.78, 5) is 26.8. The predicted octanol–water partition coefficient (Wildman–Crippen LogP) is 1.34.